The van der Waals surface area contributed by atoms with Gasteiger partial charge in [0.25, 0.3) is 0 Å². The van der Waals surface area contributed by atoms with Gasteiger partial charge in [-0.3, -0.25) is 10.7 Å². The highest BCUT2D eigenvalue weighted by Crippen LogP contribution is 2.37. The van der Waals surface area contributed by atoms with Gasteiger partial charge in [0, 0.05) is 5.02 Å². The lowest BCUT2D eigenvalue weighted by atomic mass is 10.1. The van der Waals surface area contributed by atoms with Crippen LogP contribution in [0.25, 0.3) is 0 Å². The molecule has 0 fully saturated rings. The van der Waals surface area contributed by atoms with Crippen LogP contribution in [0.4, 0.5) is 18.9 Å². The van der Waals surface area contributed by atoms with Gasteiger partial charge < -0.3 is 0 Å². The molecule has 0 unspecified atom stereocenters. The lowest BCUT2D eigenvalue weighted by Crippen LogP contribution is -2.09. The Balaban J connectivity index is 3.35. The third kappa shape index (κ3) is 2.10. The van der Waals surface area contributed by atoms with E-state index in [9.17, 15) is 13.2 Å². The van der Waals surface area contributed by atoms with Crippen molar-refractivity contribution in [1.29, 1.82) is 0 Å². The molecule has 14 heavy (non-hydrogen) atoms. The first-order chi connectivity index (χ1) is 6.36. The van der Waals surface area contributed by atoms with Crippen molar-refractivity contribution >= 4 is 17.3 Å². The number of anilines is 1. The predicted octanol–water partition coefficient (Wildman–Crippen LogP) is 3.47. The zero-order valence-electron chi connectivity index (χ0n) is 7.11. The molecule has 0 bridgehead atoms. The molecule has 6 heteroatoms. The van der Waals surface area contributed by atoms with Gasteiger partial charge in [0.1, 0.15) is 0 Å². The number of nitrogens with one attached hydrogen (secondary N) is 1. The molecule has 0 spiro atoms. The van der Waals surface area contributed by atoms with Crippen LogP contribution in [0.2, 0.25) is 5.02 Å². The molecule has 0 atom stereocenters. The lowest BCUT2D eigenvalue weighted by Gasteiger charge is -2.13. The number of rotatable bonds is 1. The fourth-order valence-electron chi connectivity index (χ4n) is 1.01. The van der Waals surface area contributed by atoms with Crippen LogP contribution >= 0.6 is 11.6 Å². The summed E-state index contributed by atoms with van der Waals surface area (Å²) in [5.41, 5.74) is 0.553. The maximum Gasteiger partial charge on any atom is 0.418 e. The number of hydrogen-bond acceptors (Lipinski definition) is 2. The monoisotopic (exact) mass is 225 g/mol. The molecule has 1 aromatic rings. The minimum Gasteiger partial charge on any atom is -0.291 e. The molecule has 1 aromatic carbocycles. The van der Waals surface area contributed by atoms with Gasteiger partial charge in [-0.15, -0.1) is 0 Å². The van der Waals surface area contributed by atoms with Crippen molar-refractivity contribution in [2.75, 3.05) is 5.48 Å². The number of hydrogen-bond donors (Lipinski definition) is 2. The molecule has 0 aliphatic heterocycles. The second-order valence-corrected chi connectivity index (χ2v) is 3.16. The van der Waals surface area contributed by atoms with E-state index in [4.69, 9.17) is 16.8 Å². The Morgan fingerprint density at radius 2 is 1.93 bits per heavy atom. The van der Waals surface area contributed by atoms with Crippen molar-refractivity contribution in [3.8, 4) is 0 Å². The average Bonchev–Trinajstić information content (AvgIpc) is 2.07. The van der Waals surface area contributed by atoms with Gasteiger partial charge in [-0.1, -0.05) is 11.6 Å². The third-order valence-corrected chi connectivity index (χ3v) is 2.13. The predicted molar refractivity (Wildman–Crippen MR) is 46.6 cm³/mol. The van der Waals surface area contributed by atoms with Crippen molar-refractivity contribution in [2.45, 2.75) is 13.1 Å². The van der Waals surface area contributed by atoms with E-state index in [1.54, 1.807) is 6.92 Å². The summed E-state index contributed by atoms with van der Waals surface area (Å²) in [7, 11) is 0. The van der Waals surface area contributed by atoms with Crippen molar-refractivity contribution < 1.29 is 18.4 Å². The topological polar surface area (TPSA) is 32.3 Å². The van der Waals surface area contributed by atoms with Crippen LogP contribution in [-0.2, 0) is 6.18 Å². The lowest BCUT2D eigenvalue weighted by molar-refractivity contribution is -0.137. The van der Waals surface area contributed by atoms with Gasteiger partial charge in [0.2, 0.25) is 0 Å². The van der Waals surface area contributed by atoms with Crippen LogP contribution in [0.15, 0.2) is 12.1 Å². The molecule has 0 radical (unpaired) electrons. The highest BCUT2D eigenvalue weighted by Gasteiger charge is 2.34. The fourth-order valence-corrected chi connectivity index (χ4v) is 1.17. The van der Waals surface area contributed by atoms with Crippen LogP contribution < -0.4 is 5.48 Å². The summed E-state index contributed by atoms with van der Waals surface area (Å²) in [6.07, 6.45) is -4.54. The Morgan fingerprint density at radius 1 is 1.36 bits per heavy atom. The van der Waals surface area contributed by atoms with Crippen LogP contribution in [0, 0.1) is 6.92 Å². The molecule has 0 aliphatic carbocycles. The average molecular weight is 226 g/mol. The molecule has 0 aromatic heterocycles. The molecule has 0 saturated heterocycles. The van der Waals surface area contributed by atoms with Crippen LogP contribution in [0.3, 0.4) is 0 Å². The van der Waals surface area contributed by atoms with Gasteiger partial charge >= 0.3 is 6.18 Å². The Morgan fingerprint density at radius 3 is 2.36 bits per heavy atom. The summed E-state index contributed by atoms with van der Waals surface area (Å²) in [5, 5.41) is 8.51. The van der Waals surface area contributed by atoms with E-state index in [0.717, 1.165) is 12.1 Å². The first kappa shape index (κ1) is 11.1. The minimum absolute atomic E-state index is 0.0105. The molecule has 2 N–H and O–H groups in total. The zero-order chi connectivity index (χ0) is 10.9. The number of benzene rings is 1. The first-order valence-corrected chi connectivity index (χ1v) is 4.01. The van der Waals surface area contributed by atoms with Crippen molar-refractivity contribution in [1.82, 2.24) is 0 Å². The first-order valence-electron chi connectivity index (χ1n) is 3.63. The van der Waals surface area contributed by atoms with Gasteiger partial charge in [-0.2, -0.15) is 13.2 Å². The van der Waals surface area contributed by atoms with Crippen molar-refractivity contribution in [3.63, 3.8) is 0 Å². The van der Waals surface area contributed by atoms with E-state index in [1.807, 2.05) is 0 Å². The van der Waals surface area contributed by atoms with E-state index in [1.165, 1.54) is 5.48 Å². The van der Waals surface area contributed by atoms with Gasteiger partial charge in [-0.25, -0.2) is 0 Å². The largest absolute Gasteiger partial charge is 0.418 e. The number of halogens is 4. The van der Waals surface area contributed by atoms with Gasteiger partial charge in [-0.05, 0) is 24.6 Å². The smallest absolute Gasteiger partial charge is 0.291 e. The van der Waals surface area contributed by atoms with Crippen molar-refractivity contribution in [3.05, 3.63) is 28.3 Å². The van der Waals surface area contributed by atoms with E-state index in [2.05, 4.69) is 0 Å². The van der Waals surface area contributed by atoms with Crippen LogP contribution in [0.5, 0.6) is 0 Å². The minimum atomic E-state index is -4.54. The van der Waals surface area contributed by atoms with E-state index in [-0.39, 0.29) is 5.02 Å². The Hall–Kier alpha value is -0.940. The Bertz CT molecular complexity index is 351. The second-order valence-electron chi connectivity index (χ2n) is 2.76. The maximum atomic E-state index is 12.3. The molecule has 2 nitrogen and oxygen atoms in total. The van der Waals surface area contributed by atoms with Crippen LogP contribution in [-0.4, -0.2) is 5.21 Å². The Labute approximate surface area is 83.3 Å². The molecule has 78 valence electrons. The third-order valence-electron chi connectivity index (χ3n) is 1.72. The quantitative estimate of drug-likeness (QED) is 0.718. The molecule has 1 rings (SSSR count). The van der Waals surface area contributed by atoms with E-state index in [0.29, 0.717) is 5.56 Å². The summed E-state index contributed by atoms with van der Waals surface area (Å²) in [5.74, 6) is 0. The second kappa shape index (κ2) is 3.67. The fraction of sp³-hybridized carbons (Fsp3) is 0.250. The molecule has 0 aliphatic rings. The molecule has 0 saturated carbocycles. The van der Waals surface area contributed by atoms with Gasteiger partial charge in [0.05, 0.1) is 11.3 Å². The summed E-state index contributed by atoms with van der Waals surface area (Å²) >= 11 is 5.54. The molecule has 0 amide bonds. The SMILES string of the molecule is Cc1cc(NO)c(C(F)(F)F)cc1Cl. The Kier molecular flexibility index (Phi) is 2.92. The molecular formula is C8H7ClF3NO. The van der Waals surface area contributed by atoms with Gasteiger partial charge in [0.15, 0.2) is 0 Å². The number of aryl methyl sites for hydroxylation is 1. The summed E-state index contributed by atoms with van der Waals surface area (Å²) in [6.45, 7) is 1.54. The molecular weight excluding hydrogens is 219 g/mol. The van der Waals surface area contributed by atoms with Crippen molar-refractivity contribution in [2.24, 2.45) is 0 Å². The normalized spacial score (nSPS) is 11.6. The summed E-state index contributed by atoms with van der Waals surface area (Å²) < 4.78 is 37.0. The highest BCUT2D eigenvalue weighted by atomic mass is 35.5. The van der Waals surface area contributed by atoms with Crippen LogP contribution in [0.1, 0.15) is 11.1 Å². The summed E-state index contributed by atoms with van der Waals surface area (Å²) in [4.78, 5) is 0. The molecule has 0 heterocycles. The zero-order valence-corrected chi connectivity index (χ0v) is 7.87. The number of alkyl halides is 3. The highest BCUT2D eigenvalue weighted by molar-refractivity contribution is 6.31. The van der Waals surface area contributed by atoms with E-state index < -0.39 is 17.4 Å². The summed E-state index contributed by atoms with van der Waals surface area (Å²) in [6, 6.07) is 1.90. The standard InChI is InChI=1S/C8H7ClF3NO/c1-4-2-7(13-14)5(3-6(4)9)8(10,11)12/h2-3,13-14H,1H3. The maximum absolute atomic E-state index is 12.3. The van der Waals surface area contributed by atoms with E-state index >= 15 is 0 Å².